The third-order valence-corrected chi connectivity index (χ3v) is 2.67. The molecular formula is C10H7N3O5S. The maximum Gasteiger partial charge on any atom is 0.515 e. The molecule has 0 amide bonds. The number of hydrogen-bond acceptors (Lipinski definition) is 8. The molecule has 1 heterocycles. The summed E-state index contributed by atoms with van der Waals surface area (Å²) in [5, 5.41) is 10.5. The molecule has 0 saturated carbocycles. The fourth-order valence-electron chi connectivity index (χ4n) is 1.29. The summed E-state index contributed by atoms with van der Waals surface area (Å²) >= 11 is 0.857. The minimum atomic E-state index is -0.907. The first-order chi connectivity index (χ1) is 9.11. The van der Waals surface area contributed by atoms with Crippen LogP contribution in [0.5, 0.6) is 5.88 Å². The Morgan fingerprint density at radius 1 is 1.32 bits per heavy atom. The van der Waals surface area contributed by atoms with Crippen LogP contribution >= 0.6 is 11.7 Å². The van der Waals surface area contributed by atoms with E-state index >= 15 is 0 Å². The number of carbonyl (C=O) groups is 1. The van der Waals surface area contributed by atoms with Crippen molar-refractivity contribution in [2.75, 3.05) is 7.11 Å². The lowest BCUT2D eigenvalue weighted by Crippen LogP contribution is -2.08. The monoisotopic (exact) mass is 281 g/mol. The SMILES string of the molecule is COC(=O)Oc1nsnc1-c1ccc([N+](=O)[O-])cc1. The number of aromatic nitrogens is 2. The lowest BCUT2D eigenvalue weighted by atomic mass is 10.1. The van der Waals surface area contributed by atoms with Gasteiger partial charge in [0.05, 0.1) is 23.8 Å². The second-order valence-corrected chi connectivity index (χ2v) is 3.81. The van der Waals surface area contributed by atoms with Crippen molar-refractivity contribution in [1.82, 2.24) is 8.75 Å². The van der Waals surface area contributed by atoms with Crippen molar-refractivity contribution in [3.05, 3.63) is 34.4 Å². The van der Waals surface area contributed by atoms with Gasteiger partial charge >= 0.3 is 6.16 Å². The Morgan fingerprint density at radius 2 is 2.00 bits per heavy atom. The maximum atomic E-state index is 11.0. The zero-order valence-electron chi connectivity index (χ0n) is 9.60. The Bertz CT molecular complexity index is 610. The zero-order chi connectivity index (χ0) is 13.8. The molecule has 0 aliphatic carbocycles. The molecule has 0 atom stereocenters. The number of nitro benzene ring substituents is 1. The third kappa shape index (κ3) is 2.83. The highest BCUT2D eigenvalue weighted by Gasteiger charge is 2.16. The summed E-state index contributed by atoms with van der Waals surface area (Å²) in [6, 6.07) is 5.66. The molecule has 1 aromatic heterocycles. The van der Waals surface area contributed by atoms with E-state index in [1.54, 1.807) is 0 Å². The van der Waals surface area contributed by atoms with Crippen LogP contribution in [-0.2, 0) is 4.74 Å². The Hall–Kier alpha value is -2.55. The van der Waals surface area contributed by atoms with Crippen LogP contribution < -0.4 is 4.74 Å². The van der Waals surface area contributed by atoms with E-state index in [2.05, 4.69) is 13.5 Å². The Kier molecular flexibility index (Phi) is 3.66. The van der Waals surface area contributed by atoms with Crippen molar-refractivity contribution in [1.29, 1.82) is 0 Å². The molecule has 0 unspecified atom stereocenters. The summed E-state index contributed by atoms with van der Waals surface area (Å²) < 4.78 is 16.9. The van der Waals surface area contributed by atoms with Gasteiger partial charge in [0.15, 0.2) is 0 Å². The molecule has 0 bridgehead atoms. The normalized spacial score (nSPS) is 9.95. The fourth-order valence-corrected chi connectivity index (χ4v) is 1.79. The van der Waals surface area contributed by atoms with E-state index < -0.39 is 11.1 Å². The molecule has 0 saturated heterocycles. The van der Waals surface area contributed by atoms with Crippen LogP contribution in [0, 0.1) is 10.1 Å². The molecule has 9 heteroatoms. The number of benzene rings is 1. The number of nitrogens with zero attached hydrogens (tertiary/aromatic N) is 3. The number of carbonyl (C=O) groups excluding carboxylic acids is 1. The summed E-state index contributed by atoms with van der Waals surface area (Å²) in [6.45, 7) is 0. The number of non-ortho nitro benzene ring substituents is 1. The molecule has 2 aromatic rings. The van der Waals surface area contributed by atoms with E-state index in [0.717, 1.165) is 11.7 Å². The number of nitro groups is 1. The summed E-state index contributed by atoms with van der Waals surface area (Å²) in [5.41, 5.74) is 0.839. The molecule has 2 rings (SSSR count). The van der Waals surface area contributed by atoms with Gasteiger partial charge in [0.25, 0.3) is 11.6 Å². The average Bonchev–Trinajstić information content (AvgIpc) is 2.86. The Labute approximate surface area is 111 Å². The maximum absolute atomic E-state index is 11.0. The highest BCUT2D eigenvalue weighted by Crippen LogP contribution is 2.29. The van der Waals surface area contributed by atoms with E-state index in [4.69, 9.17) is 4.74 Å². The van der Waals surface area contributed by atoms with E-state index in [9.17, 15) is 14.9 Å². The quantitative estimate of drug-likeness (QED) is 0.482. The molecule has 0 aliphatic rings. The lowest BCUT2D eigenvalue weighted by Gasteiger charge is -2.01. The van der Waals surface area contributed by atoms with Gasteiger partial charge in [0.1, 0.15) is 5.69 Å². The molecule has 1 aromatic carbocycles. The molecule has 8 nitrogen and oxygen atoms in total. The summed E-state index contributed by atoms with van der Waals surface area (Å²) in [6.07, 6.45) is -0.907. The zero-order valence-corrected chi connectivity index (χ0v) is 10.4. The lowest BCUT2D eigenvalue weighted by molar-refractivity contribution is -0.384. The molecule has 19 heavy (non-hydrogen) atoms. The van der Waals surface area contributed by atoms with E-state index in [1.165, 1.54) is 31.4 Å². The molecule has 0 aliphatic heterocycles. The van der Waals surface area contributed by atoms with Gasteiger partial charge in [-0.2, -0.15) is 4.37 Å². The van der Waals surface area contributed by atoms with Crippen LogP contribution in [0.3, 0.4) is 0 Å². The minimum absolute atomic E-state index is 0.00528. The van der Waals surface area contributed by atoms with Crippen molar-refractivity contribution in [3.8, 4) is 17.1 Å². The fraction of sp³-hybridized carbons (Fsp3) is 0.100. The first kappa shape index (κ1) is 12.9. The highest BCUT2D eigenvalue weighted by atomic mass is 32.1. The molecule has 0 spiro atoms. The van der Waals surface area contributed by atoms with Gasteiger partial charge in [-0.25, -0.2) is 4.79 Å². The Morgan fingerprint density at radius 3 is 2.58 bits per heavy atom. The highest BCUT2D eigenvalue weighted by molar-refractivity contribution is 6.99. The summed E-state index contributed by atoms with van der Waals surface area (Å²) in [4.78, 5) is 21.0. The second-order valence-electron chi connectivity index (χ2n) is 3.28. The predicted octanol–water partition coefficient (Wildman–Crippen LogP) is 2.26. The summed E-state index contributed by atoms with van der Waals surface area (Å²) in [7, 11) is 1.17. The van der Waals surface area contributed by atoms with Gasteiger partial charge in [0.2, 0.25) is 0 Å². The van der Waals surface area contributed by atoms with Crippen molar-refractivity contribution in [2.24, 2.45) is 0 Å². The molecule has 0 N–H and O–H groups in total. The number of ether oxygens (including phenoxy) is 2. The van der Waals surface area contributed by atoms with Gasteiger partial charge in [-0.05, 0) is 12.1 Å². The first-order valence-corrected chi connectivity index (χ1v) is 5.68. The molecular weight excluding hydrogens is 274 g/mol. The molecule has 0 radical (unpaired) electrons. The first-order valence-electron chi connectivity index (χ1n) is 4.95. The smallest absolute Gasteiger partial charge is 0.437 e. The van der Waals surface area contributed by atoms with Gasteiger partial charge < -0.3 is 9.47 Å². The van der Waals surface area contributed by atoms with E-state index in [0.29, 0.717) is 11.3 Å². The largest absolute Gasteiger partial charge is 0.515 e. The van der Waals surface area contributed by atoms with Crippen LogP contribution in [0.25, 0.3) is 11.3 Å². The van der Waals surface area contributed by atoms with Gasteiger partial charge in [-0.3, -0.25) is 10.1 Å². The number of hydrogen-bond donors (Lipinski definition) is 0. The summed E-state index contributed by atoms with van der Waals surface area (Å²) in [5.74, 6) is 0.00528. The van der Waals surface area contributed by atoms with Crippen LogP contribution in [0.15, 0.2) is 24.3 Å². The van der Waals surface area contributed by atoms with Crippen LogP contribution in [0.4, 0.5) is 10.5 Å². The van der Waals surface area contributed by atoms with E-state index in [1.807, 2.05) is 0 Å². The Balaban J connectivity index is 2.29. The van der Waals surface area contributed by atoms with E-state index in [-0.39, 0.29) is 11.6 Å². The molecule has 0 fully saturated rings. The number of rotatable bonds is 3. The topological polar surface area (TPSA) is 104 Å². The van der Waals surface area contributed by atoms with Crippen molar-refractivity contribution in [2.45, 2.75) is 0 Å². The van der Waals surface area contributed by atoms with Crippen LogP contribution in [0.1, 0.15) is 0 Å². The number of methoxy groups -OCH3 is 1. The predicted molar refractivity (Wildman–Crippen MR) is 65.0 cm³/mol. The van der Waals surface area contributed by atoms with Crippen molar-refractivity contribution in [3.63, 3.8) is 0 Å². The third-order valence-electron chi connectivity index (χ3n) is 2.16. The van der Waals surface area contributed by atoms with Gasteiger partial charge in [0, 0.05) is 17.7 Å². The average molecular weight is 281 g/mol. The minimum Gasteiger partial charge on any atom is -0.437 e. The van der Waals surface area contributed by atoms with Crippen LogP contribution in [0.2, 0.25) is 0 Å². The van der Waals surface area contributed by atoms with Crippen molar-refractivity contribution >= 4 is 23.6 Å². The second kappa shape index (κ2) is 5.40. The van der Waals surface area contributed by atoms with Gasteiger partial charge in [-0.1, -0.05) is 0 Å². The van der Waals surface area contributed by atoms with Gasteiger partial charge in [-0.15, -0.1) is 4.37 Å². The molecule has 98 valence electrons. The van der Waals surface area contributed by atoms with Crippen LogP contribution in [-0.4, -0.2) is 26.9 Å². The van der Waals surface area contributed by atoms with Crippen molar-refractivity contribution < 1.29 is 19.2 Å². The standard InChI is InChI=1S/C10H7N3O5S/c1-17-10(14)18-9-8(11-19-12-9)6-2-4-7(5-3-6)13(15)16/h2-5H,1H3.